The van der Waals surface area contributed by atoms with Crippen LogP contribution >= 0.6 is 0 Å². The van der Waals surface area contributed by atoms with Gasteiger partial charge in [-0.15, -0.1) is 0 Å². The predicted octanol–water partition coefficient (Wildman–Crippen LogP) is -0.190. The van der Waals surface area contributed by atoms with Gasteiger partial charge in [0.15, 0.2) is 0 Å². The second kappa shape index (κ2) is 7.17. The number of amides is 2. The summed E-state index contributed by atoms with van der Waals surface area (Å²) in [5, 5.41) is 14.3. The Labute approximate surface area is 106 Å². The van der Waals surface area contributed by atoms with E-state index in [1.807, 2.05) is 6.92 Å². The van der Waals surface area contributed by atoms with Crippen LogP contribution in [0.3, 0.4) is 0 Å². The molecule has 1 heterocycles. The fourth-order valence-corrected chi connectivity index (χ4v) is 1.74. The first kappa shape index (κ1) is 14.7. The van der Waals surface area contributed by atoms with E-state index in [1.54, 1.807) is 7.11 Å². The number of hydrogen-bond donors (Lipinski definition) is 3. The highest BCUT2D eigenvalue weighted by Gasteiger charge is 2.35. The number of methoxy groups -OCH3 is 1. The summed E-state index contributed by atoms with van der Waals surface area (Å²) in [5.74, 6) is -1.63. The van der Waals surface area contributed by atoms with Crippen molar-refractivity contribution in [2.45, 2.75) is 25.4 Å². The van der Waals surface area contributed by atoms with Crippen molar-refractivity contribution in [3.05, 3.63) is 0 Å². The third kappa shape index (κ3) is 4.50. The van der Waals surface area contributed by atoms with Crippen molar-refractivity contribution in [1.82, 2.24) is 10.6 Å². The average Bonchev–Trinajstić information content (AvgIpc) is 2.74. The summed E-state index contributed by atoms with van der Waals surface area (Å²) in [7, 11) is 1.60. The number of urea groups is 1. The smallest absolute Gasteiger partial charge is 0.315 e. The Morgan fingerprint density at radius 1 is 1.50 bits per heavy atom. The number of ether oxygens (including phenoxy) is 2. The fraction of sp³-hybridized carbons (Fsp3) is 0.818. The number of rotatable bonds is 6. The first-order chi connectivity index (χ1) is 8.54. The van der Waals surface area contributed by atoms with Crippen LogP contribution in [0.5, 0.6) is 0 Å². The minimum absolute atomic E-state index is 0.0319. The molecular weight excluding hydrogens is 240 g/mol. The minimum atomic E-state index is -0.953. The van der Waals surface area contributed by atoms with E-state index in [1.165, 1.54) is 0 Å². The Morgan fingerprint density at radius 2 is 2.22 bits per heavy atom. The number of aliphatic carboxylic acids is 1. The third-order valence-corrected chi connectivity index (χ3v) is 2.85. The normalized spacial score (nSPS) is 24.6. The van der Waals surface area contributed by atoms with Crippen LogP contribution in [0, 0.1) is 5.92 Å². The van der Waals surface area contributed by atoms with E-state index in [2.05, 4.69) is 10.6 Å². The van der Waals surface area contributed by atoms with Crippen LogP contribution in [0.15, 0.2) is 0 Å². The zero-order chi connectivity index (χ0) is 13.5. The molecule has 104 valence electrons. The van der Waals surface area contributed by atoms with Gasteiger partial charge in [-0.05, 0) is 13.3 Å². The van der Waals surface area contributed by atoms with Crippen LogP contribution in [-0.4, -0.2) is 56.1 Å². The van der Waals surface area contributed by atoms with E-state index >= 15 is 0 Å². The van der Waals surface area contributed by atoms with E-state index < -0.39 is 17.9 Å². The van der Waals surface area contributed by atoms with Crippen molar-refractivity contribution < 1.29 is 24.2 Å². The second-order valence-electron chi connectivity index (χ2n) is 4.39. The quantitative estimate of drug-likeness (QED) is 0.615. The molecule has 1 rings (SSSR count). The second-order valence-corrected chi connectivity index (χ2v) is 4.39. The lowest BCUT2D eigenvalue weighted by molar-refractivity contribution is -0.142. The van der Waals surface area contributed by atoms with Gasteiger partial charge in [-0.25, -0.2) is 4.79 Å². The molecular formula is C11H20N2O5. The summed E-state index contributed by atoms with van der Waals surface area (Å²) in [6.45, 7) is 2.79. The number of carboxylic acid groups (broad SMARTS) is 1. The van der Waals surface area contributed by atoms with Crippen LogP contribution in [0.2, 0.25) is 0 Å². The van der Waals surface area contributed by atoms with Crippen molar-refractivity contribution in [2.75, 3.05) is 26.9 Å². The van der Waals surface area contributed by atoms with Gasteiger partial charge in [0.1, 0.15) is 5.92 Å². The van der Waals surface area contributed by atoms with Crippen LogP contribution in [0.4, 0.5) is 4.79 Å². The van der Waals surface area contributed by atoms with Crippen molar-refractivity contribution in [2.24, 2.45) is 5.92 Å². The Bertz CT molecular complexity index is 297. The Kier molecular flexibility index (Phi) is 5.87. The van der Waals surface area contributed by atoms with Crippen molar-refractivity contribution in [1.29, 1.82) is 0 Å². The largest absolute Gasteiger partial charge is 0.481 e. The van der Waals surface area contributed by atoms with E-state index in [-0.39, 0.29) is 25.3 Å². The molecule has 1 fully saturated rings. The van der Waals surface area contributed by atoms with Gasteiger partial charge in [0.25, 0.3) is 0 Å². The molecule has 0 aromatic heterocycles. The maximum atomic E-state index is 11.6. The number of hydrogen-bond acceptors (Lipinski definition) is 4. The van der Waals surface area contributed by atoms with Crippen molar-refractivity contribution >= 4 is 12.0 Å². The Hall–Kier alpha value is -1.34. The summed E-state index contributed by atoms with van der Waals surface area (Å²) >= 11 is 0. The summed E-state index contributed by atoms with van der Waals surface area (Å²) < 4.78 is 9.97. The van der Waals surface area contributed by atoms with Crippen LogP contribution in [-0.2, 0) is 14.3 Å². The SMILES string of the molecule is COCCC(C)NC(=O)NC1COCC1C(=O)O. The Morgan fingerprint density at radius 3 is 2.83 bits per heavy atom. The fourth-order valence-electron chi connectivity index (χ4n) is 1.74. The molecule has 1 aliphatic heterocycles. The predicted molar refractivity (Wildman–Crippen MR) is 63.4 cm³/mol. The Balaban J connectivity index is 2.33. The zero-order valence-electron chi connectivity index (χ0n) is 10.6. The maximum absolute atomic E-state index is 11.6. The molecule has 7 nitrogen and oxygen atoms in total. The molecule has 2 amide bonds. The van der Waals surface area contributed by atoms with Gasteiger partial charge in [0.05, 0.1) is 19.3 Å². The van der Waals surface area contributed by atoms with Gasteiger partial charge in [0.2, 0.25) is 0 Å². The van der Waals surface area contributed by atoms with Gasteiger partial charge in [-0.1, -0.05) is 0 Å². The summed E-state index contributed by atoms with van der Waals surface area (Å²) in [6.07, 6.45) is 0.702. The molecule has 3 atom stereocenters. The molecule has 0 aliphatic carbocycles. The van der Waals surface area contributed by atoms with E-state index in [4.69, 9.17) is 14.6 Å². The maximum Gasteiger partial charge on any atom is 0.315 e. The lowest BCUT2D eigenvalue weighted by Crippen LogP contribution is -2.49. The standard InChI is InChI=1S/C11H20N2O5/c1-7(3-4-17-2)12-11(16)13-9-6-18-5-8(9)10(14)15/h7-9H,3-6H2,1-2H3,(H,14,15)(H2,12,13,16). The molecule has 0 radical (unpaired) electrons. The molecule has 3 unspecified atom stereocenters. The molecule has 0 saturated carbocycles. The first-order valence-electron chi connectivity index (χ1n) is 5.91. The number of carbonyl (C=O) groups is 2. The van der Waals surface area contributed by atoms with Crippen LogP contribution < -0.4 is 10.6 Å². The minimum Gasteiger partial charge on any atom is -0.481 e. The molecule has 0 aromatic carbocycles. The molecule has 7 heteroatoms. The summed E-state index contributed by atoms with van der Waals surface area (Å²) in [5.41, 5.74) is 0. The topological polar surface area (TPSA) is 96.9 Å². The van der Waals surface area contributed by atoms with E-state index in [9.17, 15) is 9.59 Å². The molecule has 0 spiro atoms. The molecule has 1 saturated heterocycles. The lowest BCUT2D eigenvalue weighted by Gasteiger charge is -2.19. The van der Waals surface area contributed by atoms with E-state index in [0.29, 0.717) is 13.0 Å². The summed E-state index contributed by atoms with van der Waals surface area (Å²) in [4.78, 5) is 22.5. The third-order valence-electron chi connectivity index (χ3n) is 2.85. The zero-order valence-corrected chi connectivity index (χ0v) is 10.6. The first-order valence-corrected chi connectivity index (χ1v) is 5.91. The van der Waals surface area contributed by atoms with Crippen LogP contribution in [0.1, 0.15) is 13.3 Å². The lowest BCUT2D eigenvalue weighted by atomic mass is 10.0. The monoisotopic (exact) mass is 260 g/mol. The highest BCUT2D eigenvalue weighted by atomic mass is 16.5. The average molecular weight is 260 g/mol. The van der Waals surface area contributed by atoms with Gasteiger partial charge in [-0.3, -0.25) is 4.79 Å². The number of carbonyl (C=O) groups excluding carboxylic acids is 1. The van der Waals surface area contributed by atoms with Crippen molar-refractivity contribution in [3.8, 4) is 0 Å². The van der Waals surface area contributed by atoms with Crippen molar-refractivity contribution in [3.63, 3.8) is 0 Å². The van der Waals surface area contributed by atoms with Crippen LogP contribution in [0.25, 0.3) is 0 Å². The molecule has 18 heavy (non-hydrogen) atoms. The van der Waals surface area contributed by atoms with Gasteiger partial charge >= 0.3 is 12.0 Å². The highest BCUT2D eigenvalue weighted by molar-refractivity contribution is 5.77. The molecule has 1 aliphatic rings. The van der Waals surface area contributed by atoms with E-state index in [0.717, 1.165) is 0 Å². The molecule has 3 N–H and O–H groups in total. The number of nitrogens with one attached hydrogen (secondary N) is 2. The van der Waals surface area contributed by atoms with Gasteiger partial charge < -0.3 is 25.2 Å². The molecule has 0 aromatic rings. The van der Waals surface area contributed by atoms with Gasteiger partial charge in [-0.2, -0.15) is 0 Å². The molecule has 0 bridgehead atoms. The number of carboxylic acids is 1. The van der Waals surface area contributed by atoms with Gasteiger partial charge in [0, 0.05) is 19.8 Å². The summed E-state index contributed by atoms with van der Waals surface area (Å²) in [6, 6.07) is -0.881. The highest BCUT2D eigenvalue weighted by Crippen LogP contribution is 2.13.